The monoisotopic (exact) mass is 401 g/mol. The van der Waals surface area contributed by atoms with Crippen molar-refractivity contribution in [2.75, 3.05) is 17.7 Å². The van der Waals surface area contributed by atoms with Crippen molar-refractivity contribution in [3.05, 3.63) is 59.2 Å². The van der Waals surface area contributed by atoms with E-state index in [1.54, 1.807) is 24.6 Å². The summed E-state index contributed by atoms with van der Waals surface area (Å²) in [4.78, 5) is 28.6. The number of nitrogens with zero attached hydrogens (tertiary/aromatic N) is 2. The fourth-order valence-corrected chi connectivity index (χ4v) is 4.00. The number of benzene rings is 1. The number of aromatic nitrogens is 2. The van der Waals surface area contributed by atoms with Crippen LogP contribution in [0.1, 0.15) is 22.8 Å². The minimum absolute atomic E-state index is 0.184. The van der Waals surface area contributed by atoms with Crippen LogP contribution in [0.5, 0.6) is 0 Å². The van der Waals surface area contributed by atoms with Crippen molar-refractivity contribution in [3.8, 4) is 5.69 Å². The van der Waals surface area contributed by atoms with Gasteiger partial charge >= 0.3 is 5.97 Å². The van der Waals surface area contributed by atoms with Crippen molar-refractivity contribution in [3.63, 3.8) is 0 Å². The number of hydrogen-bond donors (Lipinski definition) is 1. The predicted molar refractivity (Wildman–Crippen MR) is 108 cm³/mol. The largest absolute Gasteiger partial charge is 0.462 e. The summed E-state index contributed by atoms with van der Waals surface area (Å²) in [6.45, 7) is 4.07. The number of carbonyl (C=O) groups is 2. The summed E-state index contributed by atoms with van der Waals surface area (Å²) in [5, 5.41) is 5.76. The molecular formula is C19H19N3O3S2. The molecule has 0 atom stereocenters. The highest BCUT2D eigenvalue weighted by Crippen LogP contribution is 2.25. The van der Waals surface area contributed by atoms with E-state index >= 15 is 0 Å². The highest BCUT2D eigenvalue weighted by molar-refractivity contribution is 7.99. The maximum Gasteiger partial charge on any atom is 0.341 e. The first-order valence-corrected chi connectivity index (χ1v) is 10.2. The van der Waals surface area contributed by atoms with Gasteiger partial charge in [-0.2, -0.15) is 0 Å². The molecule has 0 radical (unpaired) electrons. The van der Waals surface area contributed by atoms with Crippen LogP contribution in [0, 0.1) is 6.92 Å². The Labute approximate surface area is 165 Å². The van der Waals surface area contributed by atoms with E-state index in [4.69, 9.17) is 4.74 Å². The molecule has 6 nitrogen and oxygen atoms in total. The van der Waals surface area contributed by atoms with Crippen molar-refractivity contribution >= 4 is 40.0 Å². The SMILES string of the molecule is CCOC(=O)c1ccsc1NC(=O)CSc1nccn1-c1cccc(C)c1. The molecule has 8 heteroatoms. The zero-order valence-corrected chi connectivity index (χ0v) is 16.6. The average molecular weight is 402 g/mol. The van der Waals surface area contributed by atoms with Gasteiger partial charge in [-0.25, -0.2) is 9.78 Å². The highest BCUT2D eigenvalue weighted by atomic mass is 32.2. The van der Waals surface area contributed by atoms with Crippen LogP contribution in [0.25, 0.3) is 5.69 Å². The molecule has 0 aliphatic rings. The molecule has 2 heterocycles. The van der Waals surface area contributed by atoms with Crippen LogP contribution in [0.15, 0.2) is 53.3 Å². The Kier molecular flexibility index (Phi) is 6.31. The van der Waals surface area contributed by atoms with E-state index in [9.17, 15) is 9.59 Å². The smallest absolute Gasteiger partial charge is 0.341 e. The van der Waals surface area contributed by atoms with Crippen LogP contribution in [0.2, 0.25) is 0 Å². The van der Waals surface area contributed by atoms with E-state index < -0.39 is 5.97 Å². The summed E-state index contributed by atoms with van der Waals surface area (Å²) < 4.78 is 6.94. The second kappa shape index (κ2) is 8.88. The van der Waals surface area contributed by atoms with Crippen LogP contribution in [0.3, 0.4) is 0 Å². The molecule has 0 unspecified atom stereocenters. The summed E-state index contributed by atoms with van der Waals surface area (Å²) in [6, 6.07) is 9.72. The van der Waals surface area contributed by atoms with Gasteiger partial charge in [0.25, 0.3) is 0 Å². The Balaban J connectivity index is 1.64. The van der Waals surface area contributed by atoms with E-state index in [-0.39, 0.29) is 11.7 Å². The van der Waals surface area contributed by atoms with E-state index in [2.05, 4.69) is 16.4 Å². The fraction of sp³-hybridized carbons (Fsp3) is 0.211. The maximum absolute atomic E-state index is 12.3. The molecule has 3 aromatic rings. The van der Waals surface area contributed by atoms with Crippen molar-refractivity contribution in [1.82, 2.24) is 9.55 Å². The van der Waals surface area contributed by atoms with E-state index in [1.807, 2.05) is 35.9 Å². The number of thiophene rings is 1. The lowest BCUT2D eigenvalue weighted by Crippen LogP contribution is -2.16. The Morgan fingerprint density at radius 1 is 1.33 bits per heavy atom. The summed E-state index contributed by atoms with van der Waals surface area (Å²) in [7, 11) is 0. The van der Waals surface area contributed by atoms with Crippen LogP contribution in [-0.2, 0) is 9.53 Å². The van der Waals surface area contributed by atoms with E-state index in [0.717, 1.165) is 16.4 Å². The first-order chi connectivity index (χ1) is 13.1. The van der Waals surface area contributed by atoms with Gasteiger partial charge in [0.2, 0.25) is 5.91 Å². The molecule has 1 amide bonds. The van der Waals surface area contributed by atoms with E-state index in [0.29, 0.717) is 17.2 Å². The second-order valence-corrected chi connectivity index (χ2v) is 7.50. The van der Waals surface area contributed by atoms with Gasteiger partial charge in [-0.1, -0.05) is 23.9 Å². The first kappa shape index (κ1) is 19.2. The molecule has 0 saturated heterocycles. The topological polar surface area (TPSA) is 73.2 Å². The van der Waals surface area contributed by atoms with Crippen molar-refractivity contribution in [2.45, 2.75) is 19.0 Å². The van der Waals surface area contributed by atoms with Crippen molar-refractivity contribution < 1.29 is 14.3 Å². The molecule has 3 rings (SSSR count). The van der Waals surface area contributed by atoms with Gasteiger partial charge in [-0.05, 0) is 43.0 Å². The predicted octanol–water partition coefficient (Wildman–Crippen LogP) is 4.15. The number of anilines is 1. The lowest BCUT2D eigenvalue weighted by atomic mass is 10.2. The van der Waals surface area contributed by atoms with Gasteiger partial charge in [-0.3, -0.25) is 9.36 Å². The highest BCUT2D eigenvalue weighted by Gasteiger charge is 2.16. The number of esters is 1. The minimum Gasteiger partial charge on any atom is -0.462 e. The molecule has 27 heavy (non-hydrogen) atoms. The third-order valence-corrected chi connectivity index (χ3v) is 5.43. The summed E-state index contributed by atoms with van der Waals surface area (Å²) in [6.07, 6.45) is 3.58. The van der Waals surface area contributed by atoms with Gasteiger partial charge in [0, 0.05) is 18.1 Å². The minimum atomic E-state index is -0.434. The van der Waals surface area contributed by atoms with Gasteiger partial charge in [-0.15, -0.1) is 11.3 Å². The second-order valence-electron chi connectivity index (χ2n) is 5.64. The number of imidazole rings is 1. The number of amides is 1. The number of hydrogen-bond acceptors (Lipinski definition) is 6. The molecule has 0 saturated carbocycles. The average Bonchev–Trinajstić information content (AvgIpc) is 3.29. The standard InChI is InChI=1S/C19H19N3O3S2/c1-3-25-18(24)15-7-10-26-17(15)21-16(23)12-27-19-20-8-9-22(19)14-6-4-5-13(2)11-14/h4-11H,3,12H2,1-2H3,(H,21,23). The lowest BCUT2D eigenvalue weighted by Gasteiger charge is -2.09. The van der Waals surface area contributed by atoms with E-state index in [1.165, 1.54) is 23.1 Å². The van der Waals surface area contributed by atoms with Crippen molar-refractivity contribution in [2.24, 2.45) is 0 Å². The molecule has 1 aromatic carbocycles. The molecule has 2 aromatic heterocycles. The lowest BCUT2D eigenvalue weighted by molar-refractivity contribution is -0.113. The third-order valence-electron chi connectivity index (χ3n) is 3.63. The number of ether oxygens (including phenoxy) is 1. The van der Waals surface area contributed by atoms with Crippen molar-refractivity contribution in [1.29, 1.82) is 0 Å². The van der Waals surface area contributed by atoms with Crippen LogP contribution >= 0.6 is 23.1 Å². The van der Waals surface area contributed by atoms with Crippen LogP contribution < -0.4 is 5.32 Å². The number of aryl methyl sites for hydroxylation is 1. The molecule has 0 fully saturated rings. The van der Waals surface area contributed by atoms with Gasteiger partial charge in [0.15, 0.2) is 5.16 Å². The van der Waals surface area contributed by atoms with Gasteiger partial charge in [0.05, 0.1) is 17.9 Å². The maximum atomic E-state index is 12.3. The normalized spacial score (nSPS) is 10.6. The van der Waals surface area contributed by atoms with Gasteiger partial charge < -0.3 is 10.1 Å². The van der Waals surface area contributed by atoms with Gasteiger partial charge in [0.1, 0.15) is 5.00 Å². The first-order valence-electron chi connectivity index (χ1n) is 8.36. The molecular weight excluding hydrogens is 382 g/mol. The molecule has 0 aliphatic carbocycles. The molecule has 0 spiro atoms. The summed E-state index contributed by atoms with van der Waals surface area (Å²) in [5.74, 6) is -0.452. The zero-order valence-electron chi connectivity index (χ0n) is 15.0. The Morgan fingerprint density at radius 3 is 2.96 bits per heavy atom. The fourth-order valence-electron chi connectivity index (χ4n) is 2.44. The molecule has 0 bridgehead atoms. The number of thioether (sulfide) groups is 1. The number of nitrogens with one attached hydrogen (secondary N) is 1. The summed E-state index contributed by atoms with van der Waals surface area (Å²) in [5.41, 5.74) is 2.53. The Hall–Kier alpha value is -2.58. The third kappa shape index (κ3) is 4.78. The Bertz CT molecular complexity index is 949. The molecule has 0 aliphatic heterocycles. The quantitative estimate of drug-likeness (QED) is 0.476. The zero-order chi connectivity index (χ0) is 19.2. The van der Waals surface area contributed by atoms with Crippen LogP contribution in [-0.4, -0.2) is 33.8 Å². The molecule has 140 valence electrons. The Morgan fingerprint density at radius 2 is 2.19 bits per heavy atom. The van der Waals surface area contributed by atoms with Crippen LogP contribution in [0.4, 0.5) is 5.00 Å². The number of rotatable bonds is 7. The summed E-state index contributed by atoms with van der Waals surface area (Å²) >= 11 is 2.63. The molecule has 1 N–H and O–H groups in total. The number of carbonyl (C=O) groups excluding carboxylic acids is 2.